The Morgan fingerprint density at radius 2 is 2.24 bits per heavy atom. The van der Waals surface area contributed by atoms with E-state index in [0.29, 0.717) is 5.56 Å². The van der Waals surface area contributed by atoms with Crippen LogP contribution in [-0.4, -0.2) is 20.6 Å². The fraction of sp³-hybridized carbons (Fsp3) is 0.231. The summed E-state index contributed by atoms with van der Waals surface area (Å²) in [5.41, 5.74) is 2.04. The van der Waals surface area contributed by atoms with E-state index in [-0.39, 0.29) is 0 Å². The minimum absolute atomic E-state index is 0.340. The lowest BCUT2D eigenvalue weighted by molar-refractivity contribution is 0.0696. The zero-order chi connectivity index (χ0) is 12.4. The third-order valence-electron chi connectivity index (χ3n) is 2.75. The van der Waals surface area contributed by atoms with E-state index in [2.05, 4.69) is 4.98 Å². The van der Waals surface area contributed by atoms with Gasteiger partial charge < -0.3 is 9.67 Å². The van der Waals surface area contributed by atoms with Crippen LogP contribution in [0.25, 0.3) is 5.69 Å². The molecule has 1 aromatic carbocycles. The average Bonchev–Trinajstić information content (AvgIpc) is 2.76. The van der Waals surface area contributed by atoms with Gasteiger partial charge in [0.2, 0.25) is 0 Å². The van der Waals surface area contributed by atoms with Crippen LogP contribution in [-0.2, 0) is 6.42 Å². The van der Waals surface area contributed by atoms with Crippen LogP contribution < -0.4 is 0 Å². The molecule has 4 heteroatoms. The van der Waals surface area contributed by atoms with E-state index in [1.165, 1.54) is 0 Å². The van der Waals surface area contributed by atoms with Crippen molar-refractivity contribution in [1.82, 2.24) is 9.55 Å². The molecule has 1 aromatic heterocycles. The highest BCUT2D eigenvalue weighted by atomic mass is 16.4. The first kappa shape index (κ1) is 11.4. The molecule has 0 atom stereocenters. The van der Waals surface area contributed by atoms with E-state index >= 15 is 0 Å². The lowest BCUT2D eigenvalue weighted by atomic mass is 10.1. The van der Waals surface area contributed by atoms with Crippen molar-refractivity contribution < 1.29 is 9.90 Å². The van der Waals surface area contributed by atoms with Gasteiger partial charge in [0, 0.05) is 24.5 Å². The molecule has 0 spiro atoms. The van der Waals surface area contributed by atoms with Crippen molar-refractivity contribution in [3.05, 3.63) is 47.5 Å². The number of carbonyl (C=O) groups is 1. The number of nitrogens with zero attached hydrogens (tertiary/aromatic N) is 2. The molecule has 0 fully saturated rings. The number of hydrogen-bond acceptors (Lipinski definition) is 2. The van der Waals surface area contributed by atoms with E-state index in [9.17, 15) is 4.79 Å². The van der Waals surface area contributed by atoms with Crippen LogP contribution in [0.2, 0.25) is 0 Å². The highest BCUT2D eigenvalue weighted by Crippen LogP contribution is 2.16. The molecule has 0 aliphatic carbocycles. The molecule has 1 N–H and O–H groups in total. The summed E-state index contributed by atoms with van der Waals surface area (Å²) in [4.78, 5) is 15.2. The third-order valence-corrected chi connectivity index (χ3v) is 2.75. The van der Waals surface area contributed by atoms with E-state index in [1.54, 1.807) is 25.3 Å². The second-order valence-corrected chi connectivity index (χ2v) is 3.87. The molecule has 0 radical (unpaired) electrons. The number of rotatable bonds is 3. The van der Waals surface area contributed by atoms with E-state index < -0.39 is 5.97 Å². The molecule has 88 valence electrons. The van der Waals surface area contributed by atoms with Crippen molar-refractivity contribution in [3.8, 4) is 5.69 Å². The second kappa shape index (κ2) is 4.41. The normalized spacial score (nSPS) is 10.5. The number of imidazole rings is 1. The summed E-state index contributed by atoms with van der Waals surface area (Å²) in [6, 6.07) is 5.30. The molecule has 0 amide bonds. The van der Waals surface area contributed by atoms with Crippen LogP contribution in [0.1, 0.15) is 28.7 Å². The van der Waals surface area contributed by atoms with Crippen LogP contribution in [0.5, 0.6) is 0 Å². The Bertz CT molecular complexity index is 558. The standard InChI is InChI=1S/C13H14N2O2/c1-3-12-14-6-7-15(12)10-4-5-11(13(16)17)9(2)8-10/h4-8H,3H2,1-2H3,(H,16,17). The summed E-state index contributed by atoms with van der Waals surface area (Å²) in [6.07, 6.45) is 4.47. The van der Waals surface area contributed by atoms with Crippen molar-refractivity contribution >= 4 is 5.97 Å². The number of hydrogen-bond donors (Lipinski definition) is 1. The maximum absolute atomic E-state index is 10.9. The summed E-state index contributed by atoms with van der Waals surface area (Å²) in [5, 5.41) is 8.97. The topological polar surface area (TPSA) is 55.1 Å². The van der Waals surface area contributed by atoms with E-state index in [0.717, 1.165) is 23.5 Å². The lowest BCUT2D eigenvalue weighted by Gasteiger charge is -2.08. The smallest absolute Gasteiger partial charge is 0.335 e. The van der Waals surface area contributed by atoms with Crippen LogP contribution in [0.3, 0.4) is 0 Å². The first-order chi connectivity index (χ1) is 8.13. The summed E-state index contributed by atoms with van der Waals surface area (Å²) in [5.74, 6) is 0.0721. The molecular formula is C13H14N2O2. The van der Waals surface area contributed by atoms with Gasteiger partial charge in [0.05, 0.1) is 5.56 Å². The minimum atomic E-state index is -0.893. The van der Waals surface area contributed by atoms with Crippen LogP contribution in [0, 0.1) is 6.92 Å². The third kappa shape index (κ3) is 2.06. The van der Waals surface area contributed by atoms with Crippen molar-refractivity contribution in [1.29, 1.82) is 0 Å². The molecule has 0 saturated heterocycles. The summed E-state index contributed by atoms with van der Waals surface area (Å²) < 4.78 is 1.97. The summed E-state index contributed by atoms with van der Waals surface area (Å²) in [7, 11) is 0. The van der Waals surface area contributed by atoms with Crippen molar-refractivity contribution in [2.45, 2.75) is 20.3 Å². The quantitative estimate of drug-likeness (QED) is 0.881. The second-order valence-electron chi connectivity index (χ2n) is 3.87. The highest BCUT2D eigenvalue weighted by Gasteiger charge is 2.09. The van der Waals surface area contributed by atoms with Crippen LogP contribution in [0.4, 0.5) is 0 Å². The van der Waals surface area contributed by atoms with Gasteiger partial charge in [-0.25, -0.2) is 9.78 Å². The summed E-state index contributed by atoms with van der Waals surface area (Å²) in [6.45, 7) is 3.84. The van der Waals surface area contributed by atoms with Crippen LogP contribution in [0.15, 0.2) is 30.6 Å². The Hall–Kier alpha value is -2.10. The SMILES string of the molecule is CCc1nccn1-c1ccc(C(=O)O)c(C)c1. The van der Waals surface area contributed by atoms with Gasteiger partial charge in [-0.05, 0) is 30.7 Å². The predicted octanol–water partition coefficient (Wildman–Crippen LogP) is 2.44. The molecule has 4 nitrogen and oxygen atoms in total. The number of aromatic carboxylic acids is 1. The van der Waals surface area contributed by atoms with Gasteiger partial charge in [0.25, 0.3) is 0 Å². The molecule has 0 aliphatic heterocycles. The molecule has 17 heavy (non-hydrogen) atoms. The van der Waals surface area contributed by atoms with Crippen molar-refractivity contribution in [3.63, 3.8) is 0 Å². The largest absolute Gasteiger partial charge is 0.478 e. The number of benzene rings is 1. The minimum Gasteiger partial charge on any atom is -0.478 e. The Balaban J connectivity index is 2.48. The molecular weight excluding hydrogens is 216 g/mol. The molecule has 0 saturated carbocycles. The monoisotopic (exact) mass is 230 g/mol. The zero-order valence-electron chi connectivity index (χ0n) is 9.84. The maximum atomic E-state index is 10.9. The fourth-order valence-corrected chi connectivity index (χ4v) is 1.87. The molecule has 0 bridgehead atoms. The van der Waals surface area contributed by atoms with Crippen molar-refractivity contribution in [2.75, 3.05) is 0 Å². The fourth-order valence-electron chi connectivity index (χ4n) is 1.87. The first-order valence-corrected chi connectivity index (χ1v) is 5.50. The van der Waals surface area contributed by atoms with Gasteiger partial charge in [0.15, 0.2) is 0 Å². The van der Waals surface area contributed by atoms with Gasteiger partial charge in [0.1, 0.15) is 5.82 Å². The first-order valence-electron chi connectivity index (χ1n) is 5.50. The average molecular weight is 230 g/mol. The zero-order valence-corrected chi connectivity index (χ0v) is 9.84. The van der Waals surface area contributed by atoms with Gasteiger partial charge in [-0.2, -0.15) is 0 Å². The van der Waals surface area contributed by atoms with Gasteiger partial charge >= 0.3 is 5.97 Å². The molecule has 0 unspecified atom stereocenters. The number of carboxylic acids is 1. The van der Waals surface area contributed by atoms with E-state index in [4.69, 9.17) is 5.11 Å². The Morgan fingerprint density at radius 1 is 1.47 bits per heavy atom. The summed E-state index contributed by atoms with van der Waals surface area (Å²) >= 11 is 0. The Labute approximate surface area is 99.5 Å². The van der Waals surface area contributed by atoms with Gasteiger partial charge in [-0.3, -0.25) is 0 Å². The molecule has 1 heterocycles. The van der Waals surface area contributed by atoms with E-state index in [1.807, 2.05) is 23.8 Å². The molecule has 0 aliphatic rings. The lowest BCUT2D eigenvalue weighted by Crippen LogP contribution is -2.03. The molecule has 2 aromatic rings. The molecule has 2 rings (SSSR count). The maximum Gasteiger partial charge on any atom is 0.335 e. The predicted molar refractivity (Wildman–Crippen MR) is 64.6 cm³/mol. The highest BCUT2D eigenvalue weighted by molar-refractivity contribution is 5.89. The van der Waals surface area contributed by atoms with Crippen molar-refractivity contribution in [2.24, 2.45) is 0 Å². The number of aromatic nitrogens is 2. The van der Waals surface area contributed by atoms with Crippen LogP contribution >= 0.6 is 0 Å². The Morgan fingerprint density at radius 3 is 2.82 bits per heavy atom. The van der Waals surface area contributed by atoms with Gasteiger partial charge in [-0.1, -0.05) is 6.92 Å². The number of carboxylic acid groups (broad SMARTS) is 1. The van der Waals surface area contributed by atoms with Gasteiger partial charge in [-0.15, -0.1) is 0 Å². The Kier molecular flexibility index (Phi) is 2.95. The number of aryl methyl sites for hydroxylation is 2.